The summed E-state index contributed by atoms with van der Waals surface area (Å²) in [6, 6.07) is 9.17. The highest BCUT2D eigenvalue weighted by atomic mass is 79.9. The number of benzene rings is 2. The Morgan fingerprint density at radius 1 is 1.05 bits per heavy atom. The van der Waals surface area contributed by atoms with Crippen LogP contribution in [0.2, 0.25) is 0 Å². The average Bonchev–Trinajstić information content (AvgIpc) is 2.98. The van der Waals surface area contributed by atoms with Gasteiger partial charge in [-0.15, -0.1) is 0 Å². The van der Waals surface area contributed by atoms with Crippen LogP contribution in [0, 0.1) is 5.92 Å². The number of hydrogen-bond acceptors (Lipinski definition) is 6. The molecule has 222 valence electrons. The van der Waals surface area contributed by atoms with Crippen LogP contribution in [0.1, 0.15) is 31.2 Å². The second-order valence-corrected chi connectivity index (χ2v) is 12.2. The Hall–Kier alpha value is -3.22. The molecule has 1 aromatic heterocycles. The number of likely N-dealkylation sites (tertiary alicyclic amines) is 1. The average molecular weight is 646 g/mol. The number of halogens is 4. The number of anilines is 3. The van der Waals surface area contributed by atoms with E-state index in [0.717, 1.165) is 15.9 Å². The van der Waals surface area contributed by atoms with Crippen molar-refractivity contribution in [2.75, 3.05) is 55.3 Å². The van der Waals surface area contributed by atoms with E-state index in [4.69, 9.17) is 4.98 Å². The zero-order chi connectivity index (χ0) is 29.6. The lowest BCUT2D eigenvalue weighted by atomic mass is 9.92. The van der Waals surface area contributed by atoms with Crippen LogP contribution in [-0.4, -0.2) is 67.5 Å². The highest BCUT2D eigenvalue weighted by Gasteiger charge is 2.41. The van der Waals surface area contributed by atoms with Gasteiger partial charge in [0.1, 0.15) is 0 Å². The molecular weight excluding hydrogens is 613 g/mol. The van der Waals surface area contributed by atoms with Crippen molar-refractivity contribution in [3.63, 3.8) is 0 Å². The summed E-state index contributed by atoms with van der Waals surface area (Å²) in [6.45, 7) is 2.77. The van der Waals surface area contributed by atoms with Crippen LogP contribution in [0.5, 0.6) is 0 Å². The van der Waals surface area contributed by atoms with Crippen molar-refractivity contribution in [2.24, 2.45) is 5.92 Å². The van der Waals surface area contributed by atoms with Gasteiger partial charge in [-0.3, -0.25) is 9.59 Å². The van der Waals surface area contributed by atoms with Gasteiger partial charge >= 0.3 is 6.18 Å². The number of hydrogen-bond donors (Lipinski definition) is 3. The van der Waals surface area contributed by atoms with Gasteiger partial charge < -0.3 is 25.8 Å². The summed E-state index contributed by atoms with van der Waals surface area (Å²) in [4.78, 5) is 34.6. The lowest BCUT2D eigenvalue weighted by molar-refractivity contribution is -0.137. The first-order valence-corrected chi connectivity index (χ1v) is 15.0. The molecule has 2 aromatic carbocycles. The third-order valence-corrected chi connectivity index (χ3v) is 8.94. The molecule has 2 fully saturated rings. The summed E-state index contributed by atoms with van der Waals surface area (Å²) in [7, 11) is 1.98. The Kier molecular flexibility index (Phi) is 7.88. The zero-order valence-electron chi connectivity index (χ0n) is 23.2. The molecule has 6 rings (SSSR count). The Labute approximate surface area is 250 Å². The molecule has 3 N–H and O–H groups in total. The van der Waals surface area contributed by atoms with Crippen molar-refractivity contribution < 1.29 is 22.8 Å². The summed E-state index contributed by atoms with van der Waals surface area (Å²) in [5, 5.41) is 9.89. The number of piperidine rings is 2. The summed E-state index contributed by atoms with van der Waals surface area (Å²) < 4.78 is 45.4. The van der Waals surface area contributed by atoms with Gasteiger partial charge in [0.05, 0.1) is 40.4 Å². The minimum absolute atomic E-state index is 0.0368. The van der Waals surface area contributed by atoms with E-state index in [1.807, 2.05) is 19.2 Å². The molecule has 0 radical (unpaired) electrons. The minimum Gasteiger partial charge on any atom is -0.374 e. The predicted octanol–water partition coefficient (Wildman–Crippen LogP) is 5.47. The number of alkyl halides is 3. The molecule has 0 aliphatic carbocycles. The lowest BCUT2D eigenvalue weighted by Gasteiger charge is -2.40. The number of nitrogens with zero attached hydrogens (tertiary/aromatic N) is 3. The largest absolute Gasteiger partial charge is 0.418 e. The first kappa shape index (κ1) is 28.9. The highest BCUT2D eigenvalue weighted by Crippen LogP contribution is 2.45. The second kappa shape index (κ2) is 11.5. The van der Waals surface area contributed by atoms with E-state index >= 15 is 0 Å². The third-order valence-electron chi connectivity index (χ3n) is 8.45. The Morgan fingerprint density at radius 2 is 1.79 bits per heavy atom. The number of pyridine rings is 1. The van der Waals surface area contributed by atoms with E-state index in [2.05, 4.69) is 36.8 Å². The maximum absolute atomic E-state index is 14.9. The van der Waals surface area contributed by atoms with Crippen LogP contribution in [0.4, 0.5) is 30.2 Å². The van der Waals surface area contributed by atoms with Crippen LogP contribution in [-0.2, 0) is 15.8 Å². The van der Waals surface area contributed by atoms with Crippen molar-refractivity contribution in [3.05, 3.63) is 46.4 Å². The minimum atomic E-state index is -4.73. The van der Waals surface area contributed by atoms with Gasteiger partial charge in [0, 0.05) is 27.4 Å². The highest BCUT2D eigenvalue weighted by molar-refractivity contribution is 9.10. The van der Waals surface area contributed by atoms with E-state index in [-0.39, 0.29) is 47.3 Å². The monoisotopic (exact) mass is 644 g/mol. The van der Waals surface area contributed by atoms with E-state index in [1.54, 1.807) is 12.1 Å². The van der Waals surface area contributed by atoms with E-state index in [1.165, 1.54) is 11.0 Å². The predicted molar refractivity (Wildman–Crippen MR) is 161 cm³/mol. The number of aromatic nitrogens is 1. The zero-order valence-corrected chi connectivity index (χ0v) is 24.7. The maximum atomic E-state index is 14.9. The second-order valence-electron chi connectivity index (χ2n) is 11.3. The quantitative estimate of drug-likeness (QED) is 0.349. The van der Waals surface area contributed by atoms with Gasteiger partial charge in [-0.05, 0) is 89.2 Å². The molecule has 0 unspecified atom stereocenters. The first-order chi connectivity index (χ1) is 20.1. The van der Waals surface area contributed by atoms with Crippen molar-refractivity contribution in [2.45, 2.75) is 37.9 Å². The summed E-state index contributed by atoms with van der Waals surface area (Å²) in [5.74, 6) is -0.887. The molecule has 4 heterocycles. The molecule has 0 bridgehead atoms. The normalized spacial score (nSPS) is 18.8. The van der Waals surface area contributed by atoms with E-state index < -0.39 is 11.7 Å². The number of amides is 2. The van der Waals surface area contributed by atoms with Gasteiger partial charge in [0.2, 0.25) is 11.8 Å². The first-order valence-electron chi connectivity index (χ1n) is 14.2. The fourth-order valence-corrected chi connectivity index (χ4v) is 6.60. The van der Waals surface area contributed by atoms with Crippen molar-refractivity contribution in [1.82, 2.24) is 15.2 Å². The van der Waals surface area contributed by atoms with Gasteiger partial charge in [-0.2, -0.15) is 13.2 Å². The fraction of sp³-hybridized carbons (Fsp3) is 0.433. The number of carbonyl (C=O) groups excluding carboxylic acids is 2. The topological polar surface area (TPSA) is 89.6 Å². The molecular formula is C30H32BrF3N6O2. The standard InChI is InChI=1S/C30H32BrF3N6O2/c1-39-12-8-20(9-13-39)40(29(42)17-6-10-35-11-7-17)24-5-2-18(14-22(24)30(32,33)34)26-28-27(36-16-25(41)38-28)21-15-19(31)3-4-23(21)37-26/h2-5,14-15,17,20,35-36H,6-13,16H2,1H3,(H,38,41). The van der Waals surface area contributed by atoms with E-state index in [9.17, 15) is 22.8 Å². The fourth-order valence-electron chi connectivity index (χ4n) is 6.24. The SMILES string of the molecule is CN1CCC(N(C(=O)C2CCNCC2)c2ccc(-c3nc4ccc(Br)cc4c4c3NC(=O)CN4)cc2C(F)(F)F)CC1. The number of rotatable bonds is 4. The number of nitrogens with one attached hydrogen (secondary N) is 3. The third kappa shape index (κ3) is 5.59. The van der Waals surface area contributed by atoms with Crippen LogP contribution >= 0.6 is 15.9 Å². The number of fused-ring (bicyclic) bond motifs is 3. The molecule has 0 atom stereocenters. The van der Waals surface area contributed by atoms with Crippen molar-refractivity contribution in [1.29, 1.82) is 0 Å². The van der Waals surface area contributed by atoms with Crippen LogP contribution in [0.25, 0.3) is 22.2 Å². The summed E-state index contributed by atoms with van der Waals surface area (Å²) in [6.07, 6.45) is -2.35. The molecule has 0 saturated carbocycles. The Bertz CT molecular complexity index is 1530. The van der Waals surface area contributed by atoms with Gasteiger partial charge in [-0.1, -0.05) is 22.0 Å². The van der Waals surface area contributed by atoms with Gasteiger partial charge in [0.15, 0.2) is 0 Å². The molecule has 0 spiro atoms. The molecule has 3 aromatic rings. The number of carbonyl (C=O) groups is 2. The van der Waals surface area contributed by atoms with Crippen LogP contribution in [0.3, 0.4) is 0 Å². The Morgan fingerprint density at radius 3 is 2.50 bits per heavy atom. The van der Waals surface area contributed by atoms with E-state index in [0.29, 0.717) is 68.8 Å². The van der Waals surface area contributed by atoms with Crippen LogP contribution in [0.15, 0.2) is 40.9 Å². The van der Waals surface area contributed by atoms with Crippen molar-refractivity contribution >= 4 is 55.7 Å². The molecule has 2 amide bonds. The molecule has 3 aliphatic heterocycles. The van der Waals surface area contributed by atoms with Gasteiger partial charge in [-0.25, -0.2) is 4.98 Å². The van der Waals surface area contributed by atoms with Gasteiger partial charge in [0.25, 0.3) is 0 Å². The summed E-state index contributed by atoms with van der Waals surface area (Å²) in [5.41, 5.74) is 0.926. The molecule has 12 heteroatoms. The van der Waals surface area contributed by atoms with Crippen LogP contribution < -0.4 is 20.9 Å². The smallest absolute Gasteiger partial charge is 0.374 e. The van der Waals surface area contributed by atoms with Crippen molar-refractivity contribution in [3.8, 4) is 11.3 Å². The Balaban J connectivity index is 1.50. The maximum Gasteiger partial charge on any atom is 0.418 e. The molecule has 8 nitrogen and oxygen atoms in total. The lowest BCUT2D eigenvalue weighted by Crippen LogP contribution is -2.50. The summed E-state index contributed by atoms with van der Waals surface area (Å²) >= 11 is 3.46. The molecule has 3 aliphatic rings. The molecule has 2 saturated heterocycles. The molecule has 42 heavy (non-hydrogen) atoms.